The lowest BCUT2D eigenvalue weighted by Crippen LogP contribution is -1.94. The molecule has 0 aliphatic heterocycles. The van der Waals surface area contributed by atoms with E-state index in [0.717, 1.165) is 4.47 Å². The molecule has 0 aliphatic rings. The molecule has 1 rings (SSSR count). The topological polar surface area (TPSA) is 27.1 Å². The summed E-state index contributed by atoms with van der Waals surface area (Å²) in [5, 5.41) is 3.81. The van der Waals surface area contributed by atoms with Crippen molar-refractivity contribution in [1.82, 2.24) is 9.78 Å². The molecule has 0 atom stereocenters. The van der Waals surface area contributed by atoms with E-state index >= 15 is 0 Å². The Labute approximate surface area is 61.7 Å². The number of nitrogens with zero attached hydrogens (tertiary/aromatic N) is 2. The van der Waals surface area contributed by atoms with E-state index < -0.39 is 0 Å². The molecule has 0 fully saturated rings. The third-order valence-electron chi connectivity index (χ3n) is 0.973. The third-order valence-corrected chi connectivity index (χ3v) is 1.49. The number of hydrogen-bond acceptors (Lipinski definition) is 2. The fraction of sp³-hybridized carbons (Fsp3) is 0.400. The normalized spacial score (nSPS) is 9.67. The molecule has 0 bridgehead atoms. The highest BCUT2D eigenvalue weighted by Crippen LogP contribution is 2.21. The molecule has 3 nitrogen and oxygen atoms in total. The molecule has 49 valence electrons. The zero-order chi connectivity index (χ0) is 6.85. The van der Waals surface area contributed by atoms with Gasteiger partial charge in [-0.1, -0.05) is 0 Å². The van der Waals surface area contributed by atoms with Gasteiger partial charge in [0.25, 0.3) is 0 Å². The van der Waals surface area contributed by atoms with Crippen LogP contribution in [0.5, 0.6) is 5.88 Å². The van der Waals surface area contributed by atoms with Crippen molar-refractivity contribution in [2.45, 2.75) is 0 Å². The van der Waals surface area contributed by atoms with Gasteiger partial charge >= 0.3 is 0 Å². The van der Waals surface area contributed by atoms with Gasteiger partial charge in [-0.2, -0.15) is 5.10 Å². The lowest BCUT2D eigenvalue weighted by molar-refractivity contribution is 0.371. The maximum Gasteiger partial charge on any atom is 0.226 e. The molecule has 0 spiro atoms. The van der Waals surface area contributed by atoms with E-state index in [1.807, 2.05) is 0 Å². The van der Waals surface area contributed by atoms with Gasteiger partial charge in [-0.05, 0) is 15.9 Å². The Hall–Kier alpha value is -0.510. The minimum absolute atomic E-state index is 0.690. The van der Waals surface area contributed by atoms with Crippen LogP contribution in [0.3, 0.4) is 0 Å². The first-order valence-electron chi connectivity index (χ1n) is 2.40. The first kappa shape index (κ1) is 6.61. The van der Waals surface area contributed by atoms with Crippen LogP contribution in [0.2, 0.25) is 0 Å². The van der Waals surface area contributed by atoms with Crippen LogP contribution in [0.4, 0.5) is 0 Å². The predicted molar refractivity (Wildman–Crippen MR) is 36.3 cm³/mol. The second-order valence-electron chi connectivity index (χ2n) is 1.56. The van der Waals surface area contributed by atoms with Gasteiger partial charge in [0.05, 0.1) is 7.11 Å². The summed E-state index contributed by atoms with van der Waals surface area (Å²) in [6, 6.07) is 0. The minimum atomic E-state index is 0.690. The average molecular weight is 190 g/mol. The van der Waals surface area contributed by atoms with Crippen LogP contribution in [-0.4, -0.2) is 16.9 Å². The van der Waals surface area contributed by atoms with Crippen LogP contribution < -0.4 is 4.74 Å². The number of hydrogen-bond donors (Lipinski definition) is 0. The van der Waals surface area contributed by atoms with E-state index in [2.05, 4.69) is 27.2 Å². The molecule has 0 unspecified atom stereocenters. The van der Waals surface area contributed by atoms with Gasteiger partial charge < -0.3 is 4.74 Å². The molecular formula is C5H6BrN2O. The van der Waals surface area contributed by atoms with Crippen molar-refractivity contribution in [3.8, 4) is 5.88 Å². The molecule has 0 aromatic carbocycles. The molecule has 0 aliphatic carbocycles. The van der Waals surface area contributed by atoms with Crippen LogP contribution >= 0.6 is 15.9 Å². The largest absolute Gasteiger partial charge is 0.480 e. The van der Waals surface area contributed by atoms with Crippen LogP contribution in [0.1, 0.15) is 0 Å². The summed E-state index contributed by atoms with van der Waals surface area (Å²) in [5.41, 5.74) is 0. The first-order valence-corrected chi connectivity index (χ1v) is 3.19. The molecule has 1 aromatic rings. The Balaban J connectivity index is 3.07. The number of aryl methyl sites for hydroxylation is 1. The smallest absolute Gasteiger partial charge is 0.226 e. The summed E-state index contributed by atoms with van der Waals surface area (Å²) in [6.07, 6.45) is 2.69. The summed E-state index contributed by atoms with van der Waals surface area (Å²) in [7, 11) is 3.38. The maximum atomic E-state index is 4.94. The molecule has 1 radical (unpaired) electrons. The highest BCUT2D eigenvalue weighted by molar-refractivity contribution is 9.10. The zero-order valence-corrected chi connectivity index (χ0v) is 6.77. The van der Waals surface area contributed by atoms with Gasteiger partial charge in [-0.3, -0.25) is 0 Å². The predicted octanol–water partition coefficient (Wildman–Crippen LogP) is 0.991. The Morgan fingerprint density at radius 1 is 1.78 bits per heavy atom. The summed E-state index contributed by atoms with van der Waals surface area (Å²) < 4.78 is 7.30. The fourth-order valence-electron chi connectivity index (χ4n) is 0.576. The third kappa shape index (κ3) is 1.08. The highest BCUT2D eigenvalue weighted by atomic mass is 79.9. The van der Waals surface area contributed by atoms with E-state index in [1.54, 1.807) is 18.8 Å². The molecule has 0 N–H and O–H groups in total. The van der Waals surface area contributed by atoms with E-state index in [-0.39, 0.29) is 0 Å². The van der Waals surface area contributed by atoms with Crippen LogP contribution in [0.15, 0.2) is 4.47 Å². The number of rotatable bonds is 1. The molecular weight excluding hydrogens is 184 g/mol. The lowest BCUT2D eigenvalue weighted by atomic mass is 10.7. The molecule has 0 amide bonds. The van der Waals surface area contributed by atoms with Gasteiger partial charge in [0.2, 0.25) is 5.88 Å². The highest BCUT2D eigenvalue weighted by Gasteiger charge is 2.03. The Morgan fingerprint density at radius 3 is 2.67 bits per heavy atom. The average Bonchev–Trinajstić information content (AvgIpc) is 2.12. The van der Waals surface area contributed by atoms with Crippen LogP contribution in [-0.2, 0) is 7.05 Å². The van der Waals surface area contributed by atoms with E-state index in [1.165, 1.54) is 0 Å². The van der Waals surface area contributed by atoms with Crippen molar-refractivity contribution in [3.63, 3.8) is 0 Å². The van der Waals surface area contributed by atoms with Crippen molar-refractivity contribution >= 4 is 15.9 Å². The van der Waals surface area contributed by atoms with Crippen molar-refractivity contribution < 1.29 is 4.74 Å². The second kappa shape index (κ2) is 2.39. The van der Waals surface area contributed by atoms with Crippen LogP contribution in [0, 0.1) is 6.20 Å². The molecule has 9 heavy (non-hydrogen) atoms. The standard InChI is InChI=1S/C5H6BrN2O/c1-8-5(9-2)4(6)3-7-8/h1-2H3. The van der Waals surface area contributed by atoms with Gasteiger partial charge in [-0.15, -0.1) is 0 Å². The zero-order valence-electron chi connectivity index (χ0n) is 5.18. The maximum absolute atomic E-state index is 4.94. The minimum Gasteiger partial charge on any atom is -0.480 e. The van der Waals surface area contributed by atoms with Crippen molar-refractivity contribution in [3.05, 3.63) is 10.7 Å². The number of methoxy groups -OCH3 is 1. The summed E-state index contributed by atoms with van der Waals surface area (Å²) >= 11 is 3.21. The van der Waals surface area contributed by atoms with Crippen molar-refractivity contribution in [2.24, 2.45) is 7.05 Å². The monoisotopic (exact) mass is 189 g/mol. The molecule has 0 saturated heterocycles. The number of halogens is 1. The number of ether oxygens (including phenoxy) is 1. The quantitative estimate of drug-likeness (QED) is 0.660. The summed E-state index contributed by atoms with van der Waals surface area (Å²) in [5.74, 6) is 0.690. The van der Waals surface area contributed by atoms with Crippen molar-refractivity contribution in [2.75, 3.05) is 7.11 Å². The first-order chi connectivity index (χ1) is 4.25. The molecule has 0 saturated carbocycles. The Bertz CT molecular complexity index is 189. The number of aromatic nitrogens is 2. The summed E-state index contributed by atoms with van der Waals surface area (Å²) in [6.45, 7) is 0. The Kier molecular flexibility index (Phi) is 1.75. The van der Waals surface area contributed by atoms with Gasteiger partial charge in [0.15, 0.2) is 0 Å². The summed E-state index contributed by atoms with van der Waals surface area (Å²) in [4.78, 5) is 0. The SMILES string of the molecule is COc1c(Br)[c]nn1C. The molecule has 1 aromatic heterocycles. The molecule has 4 heteroatoms. The van der Waals surface area contributed by atoms with Crippen molar-refractivity contribution in [1.29, 1.82) is 0 Å². The van der Waals surface area contributed by atoms with Gasteiger partial charge in [0, 0.05) is 7.05 Å². The second-order valence-corrected chi connectivity index (χ2v) is 2.35. The Morgan fingerprint density at radius 2 is 2.44 bits per heavy atom. The van der Waals surface area contributed by atoms with E-state index in [4.69, 9.17) is 4.74 Å². The van der Waals surface area contributed by atoms with Gasteiger partial charge in [0.1, 0.15) is 10.7 Å². The van der Waals surface area contributed by atoms with E-state index in [9.17, 15) is 0 Å². The van der Waals surface area contributed by atoms with Gasteiger partial charge in [-0.25, -0.2) is 4.68 Å². The molecule has 1 heterocycles. The fourth-order valence-corrected chi connectivity index (χ4v) is 1.07. The van der Waals surface area contributed by atoms with Crippen LogP contribution in [0.25, 0.3) is 0 Å². The van der Waals surface area contributed by atoms with E-state index in [0.29, 0.717) is 5.88 Å². The lowest BCUT2D eigenvalue weighted by Gasteiger charge is -1.97.